The molecule has 0 aromatic rings. The summed E-state index contributed by atoms with van der Waals surface area (Å²) in [5.74, 6) is -1.07. The van der Waals surface area contributed by atoms with Crippen molar-refractivity contribution >= 4 is 17.9 Å². The van der Waals surface area contributed by atoms with Crippen molar-refractivity contribution in [2.45, 2.75) is 200 Å². The molecule has 0 heterocycles. The molecular weight excluding hydrogens is 697 g/mol. The Labute approximate surface area is 344 Å². The van der Waals surface area contributed by atoms with Crippen molar-refractivity contribution in [3.63, 3.8) is 0 Å². The van der Waals surface area contributed by atoms with Crippen LogP contribution >= 0.6 is 0 Å². The first-order chi connectivity index (χ1) is 27.5. The van der Waals surface area contributed by atoms with Crippen LogP contribution in [-0.2, 0) is 28.6 Å². The predicted molar refractivity (Wildman–Crippen MR) is 237 cm³/mol. The van der Waals surface area contributed by atoms with E-state index < -0.39 is 12.1 Å². The molecule has 0 saturated heterocycles. The second-order valence-corrected chi connectivity index (χ2v) is 14.6. The molecule has 0 aliphatic heterocycles. The molecule has 0 bridgehead atoms. The van der Waals surface area contributed by atoms with Gasteiger partial charge in [0.1, 0.15) is 13.2 Å². The minimum Gasteiger partial charge on any atom is -0.462 e. The van der Waals surface area contributed by atoms with Gasteiger partial charge >= 0.3 is 17.9 Å². The Morgan fingerprint density at radius 2 is 0.821 bits per heavy atom. The monoisotopic (exact) mass is 779 g/mol. The van der Waals surface area contributed by atoms with E-state index in [0.717, 1.165) is 89.9 Å². The van der Waals surface area contributed by atoms with Crippen LogP contribution in [0.15, 0.2) is 85.1 Å². The van der Waals surface area contributed by atoms with Gasteiger partial charge in [0.25, 0.3) is 0 Å². The fourth-order valence-electron chi connectivity index (χ4n) is 5.82. The van der Waals surface area contributed by atoms with Crippen LogP contribution in [-0.4, -0.2) is 37.2 Å². The normalized spacial score (nSPS) is 12.8. The quantitative estimate of drug-likeness (QED) is 0.0203. The third kappa shape index (κ3) is 41.7. The Hall–Kier alpha value is -3.41. The summed E-state index contributed by atoms with van der Waals surface area (Å²) in [6.45, 7) is 6.25. The summed E-state index contributed by atoms with van der Waals surface area (Å²) in [7, 11) is 0. The van der Waals surface area contributed by atoms with E-state index in [9.17, 15) is 14.4 Å². The van der Waals surface area contributed by atoms with Crippen molar-refractivity contribution < 1.29 is 28.6 Å². The van der Waals surface area contributed by atoms with Gasteiger partial charge in [-0.2, -0.15) is 0 Å². The summed E-state index contributed by atoms with van der Waals surface area (Å²) in [4.78, 5) is 37.6. The molecule has 6 heteroatoms. The minimum atomic E-state index is -0.819. The molecule has 0 rings (SSSR count). The summed E-state index contributed by atoms with van der Waals surface area (Å²) in [6, 6.07) is 0. The van der Waals surface area contributed by atoms with E-state index in [2.05, 4.69) is 93.7 Å². The molecule has 56 heavy (non-hydrogen) atoms. The highest BCUT2D eigenvalue weighted by Gasteiger charge is 2.19. The summed E-state index contributed by atoms with van der Waals surface area (Å²) < 4.78 is 16.6. The van der Waals surface area contributed by atoms with Crippen LogP contribution in [0.3, 0.4) is 0 Å². The lowest BCUT2D eigenvalue weighted by molar-refractivity contribution is -0.166. The highest BCUT2D eigenvalue weighted by molar-refractivity contribution is 5.72. The van der Waals surface area contributed by atoms with Gasteiger partial charge < -0.3 is 14.2 Å². The lowest BCUT2D eigenvalue weighted by atomic mass is 10.1. The smallest absolute Gasteiger partial charge is 0.309 e. The summed E-state index contributed by atoms with van der Waals surface area (Å²) in [6.07, 6.45) is 56.0. The Bertz CT molecular complexity index is 1120. The van der Waals surface area contributed by atoms with Gasteiger partial charge in [0.2, 0.25) is 0 Å². The van der Waals surface area contributed by atoms with E-state index in [0.29, 0.717) is 12.8 Å². The molecule has 0 N–H and O–H groups in total. The Morgan fingerprint density at radius 3 is 1.36 bits per heavy atom. The number of esters is 3. The Morgan fingerprint density at radius 1 is 0.411 bits per heavy atom. The average molecular weight is 779 g/mol. The SMILES string of the molecule is CC/C=C\C/C=C\C/C=C\CC(=O)OCC(COC(=O)CCCCCCCC/C=C\C=C/CCCCC)OC(=O)CCCCCCCCC/C=C\C/C=C\CC. The van der Waals surface area contributed by atoms with E-state index in [-0.39, 0.29) is 31.6 Å². The molecule has 0 amide bonds. The fraction of sp³-hybridized carbons (Fsp3) is 0.660. The van der Waals surface area contributed by atoms with Gasteiger partial charge in [-0.15, -0.1) is 0 Å². The molecule has 0 spiro atoms. The van der Waals surface area contributed by atoms with Gasteiger partial charge in [0.05, 0.1) is 6.42 Å². The minimum absolute atomic E-state index is 0.114. The lowest BCUT2D eigenvalue weighted by Gasteiger charge is -2.18. The Kier molecular flexibility index (Phi) is 41.6. The molecule has 0 aromatic carbocycles. The van der Waals surface area contributed by atoms with E-state index in [1.54, 1.807) is 6.08 Å². The maximum absolute atomic E-state index is 12.7. The van der Waals surface area contributed by atoms with Crippen molar-refractivity contribution in [2.24, 2.45) is 0 Å². The number of rotatable bonds is 39. The molecule has 318 valence electrons. The van der Waals surface area contributed by atoms with Gasteiger partial charge in [-0.3, -0.25) is 14.4 Å². The van der Waals surface area contributed by atoms with Crippen LogP contribution in [0, 0.1) is 0 Å². The van der Waals surface area contributed by atoms with E-state index in [4.69, 9.17) is 14.2 Å². The third-order valence-electron chi connectivity index (χ3n) is 9.18. The number of unbranched alkanes of at least 4 members (excludes halogenated alkanes) is 16. The Balaban J connectivity index is 4.46. The van der Waals surface area contributed by atoms with Gasteiger partial charge in [0, 0.05) is 12.8 Å². The van der Waals surface area contributed by atoms with E-state index >= 15 is 0 Å². The van der Waals surface area contributed by atoms with Crippen molar-refractivity contribution in [1.82, 2.24) is 0 Å². The van der Waals surface area contributed by atoms with Crippen LogP contribution in [0.1, 0.15) is 194 Å². The standard InChI is InChI=1S/C50H82O6/c1-4-7-10-13-16-19-21-23-25-27-28-31-34-37-40-43-49(52)55-46-47(45-54-48(51)42-39-36-33-30-18-15-12-9-6-3)56-50(53)44-41-38-35-32-29-26-24-22-20-17-14-11-8-5-2/h8-9,11-12,16-21,23,30,36,39,47H,4-7,10,13-15,22,24-29,31-35,37-38,40-46H2,1-3H3/b11-8-,12-9-,19-16-,20-17-,23-21-,30-18-,39-36-. The second kappa shape index (κ2) is 44.3. The van der Waals surface area contributed by atoms with Crippen molar-refractivity contribution in [1.29, 1.82) is 0 Å². The molecular formula is C50H82O6. The highest BCUT2D eigenvalue weighted by Crippen LogP contribution is 2.13. The first kappa shape index (κ1) is 52.6. The van der Waals surface area contributed by atoms with Crippen LogP contribution in [0.4, 0.5) is 0 Å². The van der Waals surface area contributed by atoms with Crippen molar-refractivity contribution in [3.8, 4) is 0 Å². The van der Waals surface area contributed by atoms with Gasteiger partial charge in [0.15, 0.2) is 6.10 Å². The number of carbonyl (C=O) groups is 3. The van der Waals surface area contributed by atoms with Gasteiger partial charge in [-0.25, -0.2) is 0 Å². The zero-order chi connectivity index (χ0) is 40.8. The van der Waals surface area contributed by atoms with Crippen LogP contribution in [0.5, 0.6) is 0 Å². The maximum Gasteiger partial charge on any atom is 0.309 e. The number of hydrogen-bond donors (Lipinski definition) is 0. The zero-order valence-corrected chi connectivity index (χ0v) is 36.1. The summed E-state index contributed by atoms with van der Waals surface area (Å²) in [5.41, 5.74) is 0. The molecule has 1 unspecified atom stereocenters. The molecule has 0 fully saturated rings. The molecule has 0 saturated carbocycles. The van der Waals surface area contributed by atoms with Crippen molar-refractivity contribution in [3.05, 3.63) is 85.1 Å². The number of hydrogen-bond acceptors (Lipinski definition) is 6. The summed E-state index contributed by atoms with van der Waals surface area (Å²) >= 11 is 0. The molecule has 0 aliphatic carbocycles. The second-order valence-electron chi connectivity index (χ2n) is 14.6. The molecule has 0 aliphatic rings. The number of allylic oxidation sites excluding steroid dienone is 13. The van der Waals surface area contributed by atoms with E-state index in [1.165, 1.54) is 64.2 Å². The number of carbonyl (C=O) groups excluding carboxylic acids is 3. The topological polar surface area (TPSA) is 78.9 Å². The first-order valence-electron chi connectivity index (χ1n) is 22.6. The third-order valence-corrected chi connectivity index (χ3v) is 9.18. The van der Waals surface area contributed by atoms with E-state index in [1.807, 2.05) is 6.08 Å². The van der Waals surface area contributed by atoms with Crippen molar-refractivity contribution in [2.75, 3.05) is 13.2 Å². The van der Waals surface area contributed by atoms with Crippen LogP contribution in [0.25, 0.3) is 0 Å². The van der Waals surface area contributed by atoms with Crippen LogP contribution in [0.2, 0.25) is 0 Å². The zero-order valence-electron chi connectivity index (χ0n) is 36.1. The molecule has 0 aromatic heterocycles. The molecule has 0 radical (unpaired) electrons. The highest BCUT2D eigenvalue weighted by atomic mass is 16.6. The van der Waals surface area contributed by atoms with Gasteiger partial charge in [-0.1, -0.05) is 176 Å². The fourth-order valence-corrected chi connectivity index (χ4v) is 5.82. The molecule has 1 atom stereocenters. The summed E-state index contributed by atoms with van der Waals surface area (Å²) in [5, 5.41) is 0. The maximum atomic E-state index is 12.7. The predicted octanol–water partition coefficient (Wildman–Crippen LogP) is 14.5. The largest absolute Gasteiger partial charge is 0.462 e. The number of ether oxygens (including phenoxy) is 3. The van der Waals surface area contributed by atoms with Crippen LogP contribution < -0.4 is 0 Å². The molecule has 6 nitrogen and oxygen atoms in total. The lowest BCUT2D eigenvalue weighted by Crippen LogP contribution is -2.30. The average Bonchev–Trinajstić information content (AvgIpc) is 3.19. The first-order valence-corrected chi connectivity index (χ1v) is 22.6. The van der Waals surface area contributed by atoms with Gasteiger partial charge in [-0.05, 0) is 83.5 Å².